The number of likely N-dealkylation sites (N-methyl/N-ethyl adjacent to an activating group) is 1. The lowest BCUT2D eigenvalue weighted by Gasteiger charge is -2.17. The van der Waals surface area contributed by atoms with E-state index in [4.69, 9.17) is 23.7 Å². The number of anilines is 1. The molecule has 0 unspecified atom stereocenters. The molecule has 1 N–H and O–H groups in total. The van der Waals surface area contributed by atoms with Crippen molar-refractivity contribution in [2.45, 2.75) is 13.3 Å². The Hall–Kier alpha value is -3.85. The molecule has 0 bridgehead atoms. The second-order valence-corrected chi connectivity index (χ2v) is 8.99. The topological polar surface area (TPSA) is 78.5 Å². The minimum absolute atomic E-state index is 0.148. The molecule has 8 heteroatoms. The van der Waals surface area contributed by atoms with Crippen molar-refractivity contribution >= 4 is 22.7 Å². The highest BCUT2D eigenvalue weighted by Gasteiger charge is 2.19. The van der Waals surface area contributed by atoms with Crippen molar-refractivity contribution in [2.24, 2.45) is 0 Å². The molecule has 8 nitrogen and oxygen atoms in total. The van der Waals surface area contributed by atoms with Gasteiger partial charge in [0.05, 0.1) is 5.57 Å². The first-order valence-electron chi connectivity index (χ1n) is 12.8. The van der Waals surface area contributed by atoms with E-state index in [2.05, 4.69) is 10.2 Å². The van der Waals surface area contributed by atoms with Crippen molar-refractivity contribution in [3.8, 4) is 17.2 Å². The summed E-state index contributed by atoms with van der Waals surface area (Å²) < 4.78 is 26.8. The van der Waals surface area contributed by atoms with E-state index in [1.807, 2.05) is 93.8 Å². The fraction of sp³-hybridized carbons (Fsp3) is 0.323. The normalized spacial score (nSPS) is 11.6. The van der Waals surface area contributed by atoms with E-state index in [9.17, 15) is 4.79 Å². The number of amides is 1. The molecule has 0 aliphatic heterocycles. The van der Waals surface area contributed by atoms with Gasteiger partial charge in [-0.25, -0.2) is 0 Å². The lowest BCUT2D eigenvalue weighted by atomic mass is 9.92. The second kappa shape index (κ2) is 15.5. The number of nitrogens with zero attached hydrogens (tertiary/aromatic N) is 1. The summed E-state index contributed by atoms with van der Waals surface area (Å²) in [7, 11) is 7.15. The van der Waals surface area contributed by atoms with E-state index >= 15 is 0 Å². The molecule has 208 valence electrons. The summed E-state index contributed by atoms with van der Waals surface area (Å²) in [4.78, 5) is 15.8. The maximum Gasteiger partial charge on any atom is 0.256 e. The van der Waals surface area contributed by atoms with Crippen LogP contribution < -0.4 is 19.5 Å². The van der Waals surface area contributed by atoms with Gasteiger partial charge in [0.25, 0.3) is 5.91 Å². The van der Waals surface area contributed by atoms with E-state index in [0.717, 1.165) is 29.0 Å². The summed E-state index contributed by atoms with van der Waals surface area (Å²) in [6, 6.07) is 22.5. The van der Waals surface area contributed by atoms with Gasteiger partial charge < -0.3 is 33.9 Å². The van der Waals surface area contributed by atoms with Crippen LogP contribution in [0.1, 0.15) is 24.5 Å². The summed E-state index contributed by atoms with van der Waals surface area (Å²) in [6.07, 6.45) is 0.640. The third-order valence-corrected chi connectivity index (χ3v) is 5.83. The van der Waals surface area contributed by atoms with E-state index < -0.39 is 0 Å². The lowest BCUT2D eigenvalue weighted by molar-refractivity contribution is -0.111. The Morgan fingerprint density at radius 2 is 1.21 bits per heavy atom. The SMILES string of the molecule is CC/C(=C(\C(=O)Nc1ccc(OCCN(C)C)cc1)c1ccc(OCOC)cc1)c1ccc(OCOC)cc1. The van der Waals surface area contributed by atoms with E-state index in [1.165, 1.54) is 0 Å². The molecule has 0 saturated heterocycles. The number of carbonyl (C=O) groups is 1. The summed E-state index contributed by atoms with van der Waals surface area (Å²) >= 11 is 0. The number of ether oxygens (including phenoxy) is 5. The van der Waals surface area contributed by atoms with Gasteiger partial charge in [-0.3, -0.25) is 4.79 Å². The van der Waals surface area contributed by atoms with Crippen molar-refractivity contribution in [3.63, 3.8) is 0 Å². The zero-order valence-corrected chi connectivity index (χ0v) is 23.4. The molecule has 1 amide bonds. The molecule has 0 heterocycles. The van der Waals surface area contributed by atoms with Gasteiger partial charge in [0.15, 0.2) is 13.6 Å². The highest BCUT2D eigenvalue weighted by Crippen LogP contribution is 2.32. The first-order valence-corrected chi connectivity index (χ1v) is 12.8. The minimum atomic E-state index is -0.210. The number of hydrogen-bond donors (Lipinski definition) is 1. The predicted molar refractivity (Wildman–Crippen MR) is 154 cm³/mol. The van der Waals surface area contributed by atoms with Gasteiger partial charge in [-0.1, -0.05) is 31.2 Å². The summed E-state index contributed by atoms with van der Waals surface area (Å²) in [5, 5.41) is 3.06. The molecule has 0 atom stereocenters. The van der Waals surface area contributed by atoms with Crippen LogP contribution in [0.5, 0.6) is 17.2 Å². The average molecular weight is 535 g/mol. The first kappa shape index (κ1) is 29.7. The van der Waals surface area contributed by atoms with Crippen LogP contribution in [0.25, 0.3) is 11.1 Å². The third kappa shape index (κ3) is 9.14. The van der Waals surface area contributed by atoms with Crippen LogP contribution in [0.3, 0.4) is 0 Å². The molecule has 0 radical (unpaired) electrons. The maximum atomic E-state index is 13.8. The molecule has 0 aromatic heterocycles. The number of hydrogen-bond acceptors (Lipinski definition) is 7. The Kier molecular flexibility index (Phi) is 11.8. The largest absolute Gasteiger partial charge is 0.492 e. The van der Waals surface area contributed by atoms with Crippen LogP contribution in [-0.2, 0) is 14.3 Å². The Balaban J connectivity index is 1.91. The smallest absolute Gasteiger partial charge is 0.256 e. The van der Waals surface area contributed by atoms with Crippen molar-refractivity contribution in [2.75, 3.05) is 60.4 Å². The zero-order chi connectivity index (χ0) is 28.0. The number of rotatable bonds is 15. The predicted octanol–water partition coefficient (Wildman–Crippen LogP) is 5.55. The highest BCUT2D eigenvalue weighted by atomic mass is 16.7. The van der Waals surface area contributed by atoms with Crippen molar-refractivity contribution < 1.29 is 28.5 Å². The fourth-order valence-corrected chi connectivity index (χ4v) is 3.87. The van der Waals surface area contributed by atoms with Crippen LogP contribution in [0, 0.1) is 0 Å². The molecule has 3 aromatic rings. The Morgan fingerprint density at radius 3 is 1.69 bits per heavy atom. The Morgan fingerprint density at radius 1 is 0.718 bits per heavy atom. The number of benzene rings is 3. The van der Waals surface area contributed by atoms with Crippen LogP contribution >= 0.6 is 0 Å². The molecule has 3 aromatic carbocycles. The summed E-state index contributed by atoms with van der Waals surface area (Å²) in [6.45, 7) is 3.76. The van der Waals surface area contributed by atoms with E-state index in [1.54, 1.807) is 14.2 Å². The van der Waals surface area contributed by atoms with Crippen LogP contribution in [-0.4, -0.2) is 65.9 Å². The monoisotopic (exact) mass is 534 g/mol. The molecular formula is C31H38N2O6. The van der Waals surface area contributed by atoms with Crippen molar-refractivity contribution in [1.29, 1.82) is 0 Å². The molecule has 3 rings (SSSR count). The molecule has 0 aliphatic carbocycles. The molecule has 39 heavy (non-hydrogen) atoms. The minimum Gasteiger partial charge on any atom is -0.492 e. The van der Waals surface area contributed by atoms with Gasteiger partial charge in [-0.2, -0.15) is 0 Å². The first-order chi connectivity index (χ1) is 18.9. The lowest BCUT2D eigenvalue weighted by Crippen LogP contribution is -2.19. The molecule has 0 saturated carbocycles. The number of carbonyl (C=O) groups excluding carboxylic acids is 1. The van der Waals surface area contributed by atoms with E-state index in [0.29, 0.717) is 35.8 Å². The number of nitrogens with one attached hydrogen (secondary N) is 1. The number of methoxy groups -OCH3 is 2. The Bertz CT molecular complexity index is 1190. The zero-order valence-electron chi connectivity index (χ0n) is 23.4. The Labute approximate surface area is 231 Å². The van der Waals surface area contributed by atoms with Crippen LogP contribution in [0.15, 0.2) is 72.8 Å². The van der Waals surface area contributed by atoms with Gasteiger partial charge in [0.1, 0.15) is 23.9 Å². The van der Waals surface area contributed by atoms with Gasteiger partial charge >= 0.3 is 0 Å². The fourth-order valence-electron chi connectivity index (χ4n) is 3.87. The third-order valence-electron chi connectivity index (χ3n) is 5.83. The average Bonchev–Trinajstić information content (AvgIpc) is 2.95. The van der Waals surface area contributed by atoms with Crippen molar-refractivity contribution in [3.05, 3.63) is 83.9 Å². The quantitative estimate of drug-likeness (QED) is 0.156. The molecule has 0 fully saturated rings. The second-order valence-electron chi connectivity index (χ2n) is 8.99. The number of allylic oxidation sites excluding steroid dienone is 1. The molecular weight excluding hydrogens is 496 g/mol. The standard InChI is InChI=1S/C31H38N2O6/c1-6-29(23-7-13-27(14-8-23)38-21-35-4)30(24-9-15-28(16-10-24)39-22-36-5)31(34)32-25-11-17-26(18-12-25)37-20-19-33(2)3/h7-18H,6,19-22H2,1-5H3,(H,32,34)/b30-29+. The molecule has 0 aliphatic rings. The van der Waals surface area contributed by atoms with Crippen LogP contribution in [0.2, 0.25) is 0 Å². The van der Waals surface area contributed by atoms with Gasteiger partial charge in [0, 0.05) is 26.5 Å². The van der Waals surface area contributed by atoms with Gasteiger partial charge in [-0.15, -0.1) is 0 Å². The van der Waals surface area contributed by atoms with Gasteiger partial charge in [0.2, 0.25) is 0 Å². The maximum absolute atomic E-state index is 13.8. The van der Waals surface area contributed by atoms with Gasteiger partial charge in [-0.05, 0) is 85.7 Å². The molecule has 0 spiro atoms. The summed E-state index contributed by atoms with van der Waals surface area (Å²) in [5.74, 6) is 1.89. The summed E-state index contributed by atoms with van der Waals surface area (Å²) in [5.41, 5.74) is 3.86. The van der Waals surface area contributed by atoms with E-state index in [-0.39, 0.29) is 19.5 Å². The van der Waals surface area contributed by atoms with Crippen LogP contribution in [0.4, 0.5) is 5.69 Å². The highest BCUT2D eigenvalue weighted by molar-refractivity contribution is 6.31. The van der Waals surface area contributed by atoms with Crippen molar-refractivity contribution in [1.82, 2.24) is 4.90 Å².